The van der Waals surface area contributed by atoms with E-state index in [0.717, 1.165) is 29.0 Å². The summed E-state index contributed by atoms with van der Waals surface area (Å²) in [4.78, 5) is 24.6. The van der Waals surface area contributed by atoms with E-state index in [1.54, 1.807) is 25.6 Å². The first-order valence-corrected chi connectivity index (χ1v) is 9.16. The second kappa shape index (κ2) is 7.09. The fourth-order valence-corrected chi connectivity index (χ4v) is 3.09. The zero-order chi connectivity index (χ0) is 17.1. The summed E-state index contributed by atoms with van der Waals surface area (Å²) in [5.74, 6) is 2.16. The lowest BCUT2D eigenvalue weighted by atomic mass is 10.2. The van der Waals surface area contributed by atoms with Crippen LogP contribution in [0.5, 0.6) is 0 Å². The number of nitrogens with one attached hydrogen (secondary N) is 2. The van der Waals surface area contributed by atoms with Crippen LogP contribution < -0.4 is 5.32 Å². The van der Waals surface area contributed by atoms with Crippen LogP contribution in [-0.4, -0.2) is 32.9 Å². The van der Waals surface area contributed by atoms with Gasteiger partial charge in [0.2, 0.25) is 5.76 Å². The molecule has 24 heavy (non-hydrogen) atoms. The van der Waals surface area contributed by atoms with Gasteiger partial charge in [0.15, 0.2) is 5.89 Å². The largest absolute Gasteiger partial charge is 0.436 e. The van der Waals surface area contributed by atoms with Gasteiger partial charge in [-0.05, 0) is 37.5 Å². The molecule has 3 aromatic rings. The number of aryl methyl sites for hydroxylation is 2. The van der Waals surface area contributed by atoms with Crippen molar-refractivity contribution in [2.75, 3.05) is 12.0 Å². The minimum Gasteiger partial charge on any atom is -0.436 e. The van der Waals surface area contributed by atoms with Crippen molar-refractivity contribution in [3.05, 3.63) is 47.4 Å². The summed E-state index contributed by atoms with van der Waals surface area (Å²) in [6, 6.07) is 7.63. The van der Waals surface area contributed by atoms with Gasteiger partial charge in [0.05, 0.1) is 22.8 Å². The van der Waals surface area contributed by atoms with Gasteiger partial charge in [-0.1, -0.05) is 12.1 Å². The molecule has 3 rings (SSSR count). The fourth-order valence-electron chi connectivity index (χ4n) is 2.62. The number of amides is 1. The van der Waals surface area contributed by atoms with Crippen LogP contribution in [0.1, 0.15) is 40.4 Å². The molecule has 0 saturated heterocycles. The Hall–Kier alpha value is -2.28. The van der Waals surface area contributed by atoms with Crippen LogP contribution in [0.15, 0.2) is 28.7 Å². The van der Waals surface area contributed by atoms with Crippen molar-refractivity contribution < 1.29 is 9.21 Å². The number of H-pyrrole nitrogens is 1. The number of imidazole rings is 1. The van der Waals surface area contributed by atoms with E-state index in [1.165, 1.54) is 0 Å². The number of aromatic nitrogens is 3. The van der Waals surface area contributed by atoms with E-state index in [1.807, 2.05) is 30.5 Å². The highest BCUT2D eigenvalue weighted by Crippen LogP contribution is 2.21. The second-order valence-corrected chi connectivity index (χ2v) is 6.58. The lowest BCUT2D eigenvalue weighted by Gasteiger charge is -2.15. The summed E-state index contributed by atoms with van der Waals surface area (Å²) < 4.78 is 5.42. The number of fused-ring (bicyclic) bond motifs is 1. The average molecular weight is 344 g/mol. The molecule has 2 N–H and O–H groups in total. The first-order valence-electron chi connectivity index (χ1n) is 7.77. The standard InChI is InChI=1S/C17H20N4O2S/c1-10-15(23-11(2)18-10)17(22)21-14(8-9-24-3)16-19-12-6-4-5-7-13(12)20-16/h4-7,14H,8-9H2,1-3H3,(H,19,20)(H,21,22)/t14-/m1/s1. The monoisotopic (exact) mass is 344 g/mol. The maximum Gasteiger partial charge on any atom is 0.289 e. The van der Waals surface area contributed by atoms with Crippen molar-refractivity contribution in [2.24, 2.45) is 0 Å². The molecular formula is C17H20N4O2S. The molecule has 1 aromatic carbocycles. The number of carbonyl (C=O) groups is 1. The first kappa shape index (κ1) is 16.6. The lowest BCUT2D eigenvalue weighted by molar-refractivity contribution is 0.0904. The normalized spacial score (nSPS) is 12.5. The highest BCUT2D eigenvalue weighted by Gasteiger charge is 2.22. The Balaban J connectivity index is 1.85. The molecule has 2 aromatic heterocycles. The number of rotatable bonds is 6. The summed E-state index contributed by atoms with van der Waals surface area (Å²) in [5, 5.41) is 3.02. The van der Waals surface area contributed by atoms with Crippen molar-refractivity contribution in [3.8, 4) is 0 Å². The smallest absolute Gasteiger partial charge is 0.289 e. The first-order chi connectivity index (χ1) is 11.6. The molecule has 1 amide bonds. The summed E-state index contributed by atoms with van der Waals surface area (Å²) in [6.45, 7) is 3.50. The number of hydrogen-bond donors (Lipinski definition) is 2. The molecule has 6 nitrogen and oxygen atoms in total. The summed E-state index contributed by atoms with van der Waals surface area (Å²) in [6.07, 6.45) is 2.82. The summed E-state index contributed by atoms with van der Waals surface area (Å²) in [7, 11) is 0. The van der Waals surface area contributed by atoms with Gasteiger partial charge < -0.3 is 14.7 Å². The van der Waals surface area contributed by atoms with Crippen LogP contribution in [0.4, 0.5) is 0 Å². The molecule has 126 valence electrons. The van der Waals surface area contributed by atoms with Gasteiger partial charge in [-0.2, -0.15) is 11.8 Å². The molecule has 0 unspecified atom stereocenters. The summed E-state index contributed by atoms with van der Waals surface area (Å²) >= 11 is 1.73. The predicted molar refractivity (Wildman–Crippen MR) is 95.3 cm³/mol. The number of hydrogen-bond acceptors (Lipinski definition) is 5. The highest BCUT2D eigenvalue weighted by atomic mass is 32.2. The molecule has 7 heteroatoms. The lowest BCUT2D eigenvalue weighted by Crippen LogP contribution is -2.30. The molecule has 1 atom stereocenters. The van der Waals surface area contributed by atoms with Crippen LogP contribution >= 0.6 is 11.8 Å². The minimum atomic E-state index is -0.264. The van der Waals surface area contributed by atoms with Crippen molar-refractivity contribution in [1.29, 1.82) is 0 Å². The molecule has 0 saturated carbocycles. The molecule has 0 radical (unpaired) electrons. The van der Waals surface area contributed by atoms with Crippen LogP contribution in [0.3, 0.4) is 0 Å². The third-order valence-corrected chi connectivity index (χ3v) is 4.41. The maximum absolute atomic E-state index is 12.5. The highest BCUT2D eigenvalue weighted by molar-refractivity contribution is 7.98. The van der Waals surface area contributed by atoms with Gasteiger partial charge in [-0.25, -0.2) is 9.97 Å². The van der Waals surface area contributed by atoms with E-state index < -0.39 is 0 Å². The number of nitrogens with zero attached hydrogens (tertiary/aromatic N) is 2. The number of aromatic amines is 1. The van der Waals surface area contributed by atoms with Gasteiger partial charge in [-0.15, -0.1) is 0 Å². The van der Waals surface area contributed by atoms with E-state index in [4.69, 9.17) is 4.42 Å². The van der Waals surface area contributed by atoms with Crippen molar-refractivity contribution in [2.45, 2.75) is 26.3 Å². The van der Waals surface area contributed by atoms with Gasteiger partial charge in [-0.3, -0.25) is 4.79 Å². The van der Waals surface area contributed by atoms with Gasteiger partial charge in [0, 0.05) is 6.92 Å². The molecular weight excluding hydrogens is 324 g/mol. The molecule has 0 aliphatic heterocycles. The fraction of sp³-hybridized carbons (Fsp3) is 0.353. The third-order valence-electron chi connectivity index (χ3n) is 3.76. The SMILES string of the molecule is CSCC[C@@H](NC(=O)c1oc(C)nc1C)c1nc2ccccc2[nH]1. The number of thioether (sulfide) groups is 1. The number of carbonyl (C=O) groups excluding carboxylic acids is 1. The van der Waals surface area contributed by atoms with E-state index >= 15 is 0 Å². The average Bonchev–Trinajstić information content (AvgIpc) is 3.13. The Kier molecular flexibility index (Phi) is 4.89. The third kappa shape index (κ3) is 3.46. The second-order valence-electron chi connectivity index (χ2n) is 5.59. The zero-order valence-corrected chi connectivity index (χ0v) is 14.7. The van der Waals surface area contributed by atoms with E-state index in [2.05, 4.69) is 20.3 Å². The molecule has 2 heterocycles. The maximum atomic E-state index is 12.5. The Morgan fingerprint density at radius 2 is 2.12 bits per heavy atom. The van der Waals surface area contributed by atoms with Crippen molar-refractivity contribution in [3.63, 3.8) is 0 Å². The topological polar surface area (TPSA) is 83.8 Å². The zero-order valence-electron chi connectivity index (χ0n) is 13.9. The van der Waals surface area contributed by atoms with Crippen molar-refractivity contribution in [1.82, 2.24) is 20.3 Å². The molecule has 0 spiro atoms. The van der Waals surface area contributed by atoms with Crippen LogP contribution in [0.25, 0.3) is 11.0 Å². The summed E-state index contributed by atoms with van der Waals surface area (Å²) in [5.41, 5.74) is 2.45. The molecule has 0 aliphatic rings. The number of para-hydroxylation sites is 2. The Morgan fingerprint density at radius 1 is 1.33 bits per heavy atom. The van der Waals surface area contributed by atoms with Gasteiger partial charge in [0.25, 0.3) is 5.91 Å². The van der Waals surface area contributed by atoms with Crippen LogP contribution in [0, 0.1) is 13.8 Å². The Bertz CT molecular complexity index is 822. The predicted octanol–water partition coefficient (Wildman–Crippen LogP) is 3.39. The number of benzene rings is 1. The molecule has 0 aliphatic carbocycles. The van der Waals surface area contributed by atoms with Crippen LogP contribution in [-0.2, 0) is 0 Å². The quantitative estimate of drug-likeness (QED) is 0.716. The van der Waals surface area contributed by atoms with Gasteiger partial charge in [0.1, 0.15) is 5.82 Å². The minimum absolute atomic E-state index is 0.206. The van der Waals surface area contributed by atoms with Crippen LogP contribution in [0.2, 0.25) is 0 Å². The molecule has 0 fully saturated rings. The Morgan fingerprint density at radius 3 is 2.79 bits per heavy atom. The van der Waals surface area contributed by atoms with Gasteiger partial charge >= 0.3 is 0 Å². The number of oxazole rings is 1. The van der Waals surface area contributed by atoms with Crippen molar-refractivity contribution >= 4 is 28.7 Å². The molecule has 0 bridgehead atoms. The van der Waals surface area contributed by atoms with E-state index in [9.17, 15) is 4.79 Å². The van der Waals surface area contributed by atoms with E-state index in [0.29, 0.717) is 11.6 Å². The Labute approximate surface area is 144 Å². The van der Waals surface area contributed by atoms with E-state index in [-0.39, 0.29) is 17.7 Å².